The highest BCUT2D eigenvalue weighted by Crippen LogP contribution is 2.15. The van der Waals surface area contributed by atoms with Gasteiger partial charge in [0, 0.05) is 12.8 Å². The molecule has 5 nitrogen and oxygen atoms in total. The van der Waals surface area contributed by atoms with Crippen LogP contribution in [-0.2, 0) is 19.1 Å². The van der Waals surface area contributed by atoms with Crippen molar-refractivity contribution in [3.63, 3.8) is 0 Å². The molecule has 1 atom stereocenters. The molecular weight excluding hydrogens is 500 g/mol. The molecule has 1 N–H and O–H groups in total. The normalized spacial score (nSPS) is 12.1. The summed E-state index contributed by atoms with van der Waals surface area (Å²) in [5, 5.41) is 9.50. The largest absolute Gasteiger partial charge is 0.462 e. The van der Waals surface area contributed by atoms with E-state index in [1.54, 1.807) is 0 Å². The van der Waals surface area contributed by atoms with E-state index in [4.69, 9.17) is 9.47 Å². The Hall–Kier alpha value is -1.10. The van der Waals surface area contributed by atoms with Crippen molar-refractivity contribution in [2.24, 2.45) is 5.92 Å². The number of esters is 2. The van der Waals surface area contributed by atoms with Crippen molar-refractivity contribution in [3.05, 3.63) is 0 Å². The summed E-state index contributed by atoms with van der Waals surface area (Å²) in [6.45, 7) is 6.48. The lowest BCUT2D eigenvalue weighted by molar-refractivity contribution is -0.161. The van der Waals surface area contributed by atoms with E-state index < -0.39 is 6.10 Å². The molecule has 0 radical (unpaired) electrons. The zero-order valence-electron chi connectivity index (χ0n) is 27.0. The molecule has 0 amide bonds. The first-order chi connectivity index (χ1) is 19.5. The van der Waals surface area contributed by atoms with Gasteiger partial charge in [-0.25, -0.2) is 0 Å². The highest BCUT2D eigenvalue weighted by atomic mass is 16.6. The third-order valence-electron chi connectivity index (χ3n) is 7.83. The van der Waals surface area contributed by atoms with Crippen LogP contribution < -0.4 is 0 Å². The van der Waals surface area contributed by atoms with Crippen molar-refractivity contribution in [3.8, 4) is 0 Å². The quantitative estimate of drug-likeness (QED) is 0.0665. The van der Waals surface area contributed by atoms with Crippen LogP contribution in [0, 0.1) is 5.92 Å². The second-order valence-corrected chi connectivity index (χ2v) is 12.4. The SMILES string of the molecule is CCCCCCCCCCCCCC(=O)O[C@@H](CO)COC(=O)CCCCCCCCCCCCCCC(C)C. The summed E-state index contributed by atoms with van der Waals surface area (Å²) in [5.74, 6) is 0.260. The minimum absolute atomic E-state index is 0.0585. The van der Waals surface area contributed by atoms with Gasteiger partial charge in [0.2, 0.25) is 0 Å². The highest BCUT2D eigenvalue weighted by molar-refractivity contribution is 5.70. The third kappa shape index (κ3) is 29.9. The first-order valence-electron chi connectivity index (χ1n) is 17.5. The minimum atomic E-state index is -0.760. The molecule has 0 fully saturated rings. The molecule has 0 spiro atoms. The summed E-state index contributed by atoms with van der Waals surface area (Å²) in [6, 6.07) is 0. The molecule has 0 rings (SSSR count). The van der Waals surface area contributed by atoms with Gasteiger partial charge in [-0.05, 0) is 18.8 Å². The monoisotopic (exact) mass is 569 g/mol. The van der Waals surface area contributed by atoms with Gasteiger partial charge < -0.3 is 14.6 Å². The van der Waals surface area contributed by atoms with E-state index in [1.807, 2.05) is 0 Å². The average Bonchev–Trinajstić information content (AvgIpc) is 2.93. The lowest BCUT2D eigenvalue weighted by Gasteiger charge is -2.15. The van der Waals surface area contributed by atoms with Crippen LogP contribution in [0.2, 0.25) is 0 Å². The Labute approximate surface area is 248 Å². The Kier molecular flexibility index (Phi) is 30.0. The molecule has 238 valence electrons. The topological polar surface area (TPSA) is 72.8 Å². The van der Waals surface area contributed by atoms with Crippen LogP contribution in [0.15, 0.2) is 0 Å². The number of aliphatic hydroxyl groups excluding tert-OH is 1. The number of carbonyl (C=O) groups excluding carboxylic acids is 2. The molecule has 0 unspecified atom stereocenters. The molecule has 0 aliphatic heterocycles. The number of hydrogen-bond donors (Lipinski definition) is 1. The van der Waals surface area contributed by atoms with E-state index >= 15 is 0 Å². The Bertz CT molecular complexity index is 548. The van der Waals surface area contributed by atoms with Crippen LogP contribution in [0.1, 0.15) is 188 Å². The van der Waals surface area contributed by atoms with E-state index in [0.29, 0.717) is 12.8 Å². The molecule has 0 aliphatic rings. The van der Waals surface area contributed by atoms with Gasteiger partial charge in [-0.15, -0.1) is 0 Å². The van der Waals surface area contributed by atoms with Crippen molar-refractivity contribution in [2.45, 2.75) is 194 Å². The maximum absolute atomic E-state index is 12.1. The summed E-state index contributed by atoms with van der Waals surface area (Å²) < 4.78 is 10.6. The Morgan fingerprint density at radius 1 is 0.550 bits per heavy atom. The first kappa shape index (κ1) is 38.9. The van der Waals surface area contributed by atoms with E-state index in [1.165, 1.54) is 122 Å². The van der Waals surface area contributed by atoms with Crippen molar-refractivity contribution in [1.82, 2.24) is 0 Å². The molecule has 0 aliphatic carbocycles. The van der Waals surface area contributed by atoms with Gasteiger partial charge in [-0.2, -0.15) is 0 Å². The summed E-state index contributed by atoms with van der Waals surface area (Å²) in [4.78, 5) is 24.1. The van der Waals surface area contributed by atoms with E-state index in [-0.39, 0.29) is 25.2 Å². The van der Waals surface area contributed by atoms with Crippen molar-refractivity contribution in [1.29, 1.82) is 0 Å². The molecule has 0 aromatic heterocycles. The Morgan fingerprint density at radius 2 is 0.925 bits per heavy atom. The number of aliphatic hydroxyl groups is 1. The maximum atomic E-state index is 12.1. The zero-order valence-corrected chi connectivity index (χ0v) is 27.0. The molecule has 0 aromatic carbocycles. The van der Waals surface area contributed by atoms with Gasteiger partial charge in [0.05, 0.1) is 6.61 Å². The number of carbonyl (C=O) groups is 2. The Morgan fingerprint density at radius 3 is 1.32 bits per heavy atom. The fourth-order valence-corrected chi connectivity index (χ4v) is 5.15. The van der Waals surface area contributed by atoms with Crippen LogP contribution in [0.4, 0.5) is 0 Å². The van der Waals surface area contributed by atoms with Crippen molar-refractivity contribution in [2.75, 3.05) is 13.2 Å². The highest BCUT2D eigenvalue weighted by Gasteiger charge is 2.16. The van der Waals surface area contributed by atoms with Gasteiger partial charge >= 0.3 is 11.9 Å². The fraction of sp³-hybridized carbons (Fsp3) is 0.943. The standard InChI is InChI=1S/C35H68O5/c1-4-5-6-7-8-9-12-17-20-23-26-29-35(38)40-33(30-36)31-39-34(37)28-25-22-19-16-14-11-10-13-15-18-21-24-27-32(2)3/h32-33,36H,4-31H2,1-3H3/t33-/m0/s1. The molecule has 40 heavy (non-hydrogen) atoms. The van der Waals surface area contributed by atoms with Gasteiger partial charge in [-0.3, -0.25) is 9.59 Å². The van der Waals surface area contributed by atoms with Gasteiger partial charge in [0.25, 0.3) is 0 Å². The molecule has 5 heteroatoms. The van der Waals surface area contributed by atoms with Crippen LogP contribution in [0.3, 0.4) is 0 Å². The number of ether oxygens (including phenoxy) is 2. The van der Waals surface area contributed by atoms with Gasteiger partial charge in [0.15, 0.2) is 6.10 Å². The number of hydrogen-bond acceptors (Lipinski definition) is 5. The van der Waals surface area contributed by atoms with Crippen molar-refractivity contribution >= 4 is 11.9 Å². The van der Waals surface area contributed by atoms with Crippen LogP contribution >= 0.6 is 0 Å². The van der Waals surface area contributed by atoms with Gasteiger partial charge in [0.1, 0.15) is 6.61 Å². The molecule has 0 bridgehead atoms. The lowest BCUT2D eigenvalue weighted by Crippen LogP contribution is -2.28. The molecule has 0 aromatic rings. The van der Waals surface area contributed by atoms with Crippen LogP contribution in [0.25, 0.3) is 0 Å². The summed E-state index contributed by atoms with van der Waals surface area (Å²) in [6.07, 6.45) is 30.1. The third-order valence-corrected chi connectivity index (χ3v) is 7.83. The van der Waals surface area contributed by atoms with E-state index in [9.17, 15) is 14.7 Å². The zero-order chi connectivity index (χ0) is 29.5. The summed E-state index contributed by atoms with van der Waals surface area (Å²) in [7, 11) is 0. The van der Waals surface area contributed by atoms with Gasteiger partial charge in [-0.1, -0.05) is 162 Å². The maximum Gasteiger partial charge on any atom is 0.306 e. The number of rotatable bonds is 31. The fourth-order valence-electron chi connectivity index (χ4n) is 5.15. The van der Waals surface area contributed by atoms with Crippen LogP contribution in [0.5, 0.6) is 0 Å². The second-order valence-electron chi connectivity index (χ2n) is 12.4. The van der Waals surface area contributed by atoms with Crippen molar-refractivity contribution < 1.29 is 24.2 Å². The van der Waals surface area contributed by atoms with Crippen LogP contribution in [-0.4, -0.2) is 36.4 Å². The summed E-state index contributed by atoms with van der Waals surface area (Å²) >= 11 is 0. The molecule has 0 heterocycles. The molecule has 0 saturated carbocycles. The Balaban J connectivity index is 3.53. The predicted octanol–water partition coefficient (Wildman–Crippen LogP) is 10.3. The second kappa shape index (κ2) is 30.8. The molecular formula is C35H68O5. The minimum Gasteiger partial charge on any atom is -0.462 e. The molecule has 0 saturated heterocycles. The summed E-state index contributed by atoms with van der Waals surface area (Å²) in [5.41, 5.74) is 0. The average molecular weight is 569 g/mol. The van der Waals surface area contributed by atoms with E-state index in [0.717, 1.165) is 38.0 Å². The lowest BCUT2D eigenvalue weighted by atomic mass is 10.0. The first-order valence-corrected chi connectivity index (χ1v) is 17.5. The smallest absolute Gasteiger partial charge is 0.306 e. The number of unbranched alkanes of at least 4 members (excludes halogenated alkanes) is 21. The van der Waals surface area contributed by atoms with E-state index in [2.05, 4.69) is 20.8 Å². The predicted molar refractivity (Wildman–Crippen MR) is 168 cm³/mol.